The zero-order valence-electron chi connectivity index (χ0n) is 13.3. The molecule has 124 valence electrons. The maximum atomic E-state index is 12.1. The number of nitrogens with one attached hydrogen (secondary N) is 1. The van der Waals surface area contributed by atoms with E-state index in [9.17, 15) is 9.59 Å². The lowest BCUT2D eigenvalue weighted by molar-refractivity contribution is -0.128. The zero-order valence-corrected chi connectivity index (χ0v) is 13.3. The number of anilines is 1. The van der Waals surface area contributed by atoms with Crippen LogP contribution in [0, 0.1) is 5.92 Å². The second kappa shape index (κ2) is 6.95. The molecular weight excluding hydrogens is 296 g/mol. The van der Waals surface area contributed by atoms with E-state index in [1.54, 1.807) is 18.1 Å². The predicted molar refractivity (Wildman–Crippen MR) is 84.9 cm³/mol. The number of carbonyl (C=O) groups excluding carboxylic acids is 2. The van der Waals surface area contributed by atoms with Gasteiger partial charge in [0.1, 0.15) is 5.82 Å². The molecule has 0 aromatic carbocycles. The Kier molecular flexibility index (Phi) is 4.76. The molecule has 2 amide bonds. The quantitative estimate of drug-likeness (QED) is 0.847. The molecular formula is C16H22N4O3. The topological polar surface area (TPSA) is 74.8 Å². The molecule has 0 aliphatic carbocycles. The Hall–Kier alpha value is -2.15. The molecule has 2 fully saturated rings. The fourth-order valence-electron chi connectivity index (χ4n) is 2.87. The third kappa shape index (κ3) is 3.79. The first kappa shape index (κ1) is 15.7. The molecule has 2 aliphatic rings. The average Bonchev–Trinajstić information content (AvgIpc) is 2.93. The first-order valence-electron chi connectivity index (χ1n) is 7.93. The van der Waals surface area contributed by atoms with Gasteiger partial charge in [-0.25, -0.2) is 4.98 Å². The number of ether oxygens (including phenoxy) is 1. The van der Waals surface area contributed by atoms with Crippen molar-refractivity contribution in [3.63, 3.8) is 0 Å². The van der Waals surface area contributed by atoms with Crippen LogP contribution in [0.2, 0.25) is 0 Å². The number of pyridine rings is 1. The highest BCUT2D eigenvalue weighted by Crippen LogP contribution is 2.16. The summed E-state index contributed by atoms with van der Waals surface area (Å²) in [7, 11) is 1.73. The van der Waals surface area contributed by atoms with Crippen LogP contribution in [0.1, 0.15) is 12.0 Å². The van der Waals surface area contributed by atoms with Crippen LogP contribution in [0.5, 0.6) is 0 Å². The molecule has 1 aromatic heterocycles. The van der Waals surface area contributed by atoms with E-state index in [1.807, 2.05) is 12.1 Å². The van der Waals surface area contributed by atoms with Gasteiger partial charge < -0.3 is 19.9 Å². The van der Waals surface area contributed by atoms with E-state index in [0.29, 0.717) is 19.5 Å². The summed E-state index contributed by atoms with van der Waals surface area (Å²) in [6.45, 7) is 4.10. The Morgan fingerprint density at radius 3 is 2.78 bits per heavy atom. The van der Waals surface area contributed by atoms with E-state index in [2.05, 4.69) is 15.2 Å². The summed E-state index contributed by atoms with van der Waals surface area (Å²) in [6.07, 6.45) is 2.09. The number of aromatic nitrogens is 1. The van der Waals surface area contributed by atoms with Gasteiger partial charge in [0.15, 0.2) is 0 Å². The minimum Gasteiger partial charge on any atom is -0.378 e. The lowest BCUT2D eigenvalue weighted by Crippen LogP contribution is -2.36. The first-order chi connectivity index (χ1) is 11.1. The summed E-state index contributed by atoms with van der Waals surface area (Å²) >= 11 is 0. The fraction of sp³-hybridized carbons (Fsp3) is 0.562. The van der Waals surface area contributed by atoms with E-state index in [1.165, 1.54) is 0 Å². The number of likely N-dealkylation sites (tertiary alicyclic amines) is 1. The minimum atomic E-state index is -0.243. The van der Waals surface area contributed by atoms with E-state index >= 15 is 0 Å². The predicted octanol–water partition coefficient (Wildman–Crippen LogP) is 0.0127. The van der Waals surface area contributed by atoms with E-state index in [-0.39, 0.29) is 17.7 Å². The largest absolute Gasteiger partial charge is 0.378 e. The van der Waals surface area contributed by atoms with Crippen LogP contribution < -0.4 is 10.2 Å². The van der Waals surface area contributed by atoms with Gasteiger partial charge in [-0.15, -0.1) is 0 Å². The van der Waals surface area contributed by atoms with Crippen molar-refractivity contribution in [1.29, 1.82) is 0 Å². The monoisotopic (exact) mass is 318 g/mol. The number of amides is 2. The van der Waals surface area contributed by atoms with Crippen LogP contribution in [0.25, 0.3) is 0 Å². The molecule has 1 aromatic rings. The highest BCUT2D eigenvalue weighted by atomic mass is 16.5. The van der Waals surface area contributed by atoms with Crippen molar-refractivity contribution in [1.82, 2.24) is 15.2 Å². The molecule has 2 aliphatic heterocycles. The summed E-state index contributed by atoms with van der Waals surface area (Å²) in [4.78, 5) is 31.8. The molecule has 23 heavy (non-hydrogen) atoms. The van der Waals surface area contributed by atoms with Gasteiger partial charge in [-0.1, -0.05) is 6.07 Å². The van der Waals surface area contributed by atoms with Crippen LogP contribution in [0.4, 0.5) is 5.82 Å². The minimum absolute atomic E-state index is 0.0293. The van der Waals surface area contributed by atoms with Gasteiger partial charge in [0.05, 0.1) is 19.1 Å². The number of rotatable bonds is 4. The molecule has 3 rings (SSSR count). The van der Waals surface area contributed by atoms with E-state index < -0.39 is 0 Å². The highest BCUT2D eigenvalue weighted by molar-refractivity contribution is 5.89. The standard InChI is InChI=1S/C16H22N4O3/c1-19-11-13(8-15(19)21)16(22)18-10-12-2-3-14(17-9-12)20-4-6-23-7-5-20/h2-3,9,13H,4-8,10-11H2,1H3,(H,18,22)/t13-/m0/s1. The van der Waals surface area contributed by atoms with Crippen molar-refractivity contribution < 1.29 is 14.3 Å². The van der Waals surface area contributed by atoms with Gasteiger partial charge in [-0.3, -0.25) is 9.59 Å². The average molecular weight is 318 g/mol. The number of hydrogen-bond acceptors (Lipinski definition) is 5. The number of nitrogens with zero attached hydrogens (tertiary/aromatic N) is 3. The lowest BCUT2D eigenvalue weighted by atomic mass is 10.1. The van der Waals surface area contributed by atoms with Crippen LogP contribution in [0.3, 0.4) is 0 Å². The van der Waals surface area contributed by atoms with Crippen LogP contribution in [0.15, 0.2) is 18.3 Å². The number of carbonyl (C=O) groups is 2. The molecule has 0 unspecified atom stereocenters. The molecule has 0 spiro atoms. The molecule has 3 heterocycles. The van der Waals surface area contributed by atoms with Gasteiger partial charge in [-0.05, 0) is 11.6 Å². The van der Waals surface area contributed by atoms with Gasteiger partial charge in [0.2, 0.25) is 11.8 Å². The number of hydrogen-bond donors (Lipinski definition) is 1. The molecule has 1 N–H and O–H groups in total. The third-order valence-electron chi connectivity index (χ3n) is 4.32. The Labute approximate surface area is 135 Å². The fourth-order valence-corrected chi connectivity index (χ4v) is 2.87. The third-order valence-corrected chi connectivity index (χ3v) is 4.32. The Balaban J connectivity index is 1.50. The SMILES string of the molecule is CN1C[C@@H](C(=O)NCc2ccc(N3CCOCC3)nc2)CC1=O. The van der Waals surface area contributed by atoms with Gasteiger partial charge in [0.25, 0.3) is 0 Å². The Morgan fingerprint density at radius 2 is 2.17 bits per heavy atom. The molecule has 0 bridgehead atoms. The molecule has 2 saturated heterocycles. The summed E-state index contributed by atoms with van der Waals surface area (Å²) in [6, 6.07) is 3.95. The second-order valence-electron chi connectivity index (χ2n) is 6.02. The van der Waals surface area contributed by atoms with Crippen molar-refractivity contribution in [2.75, 3.05) is 44.8 Å². The lowest BCUT2D eigenvalue weighted by Gasteiger charge is -2.27. The smallest absolute Gasteiger partial charge is 0.225 e. The number of morpholine rings is 1. The van der Waals surface area contributed by atoms with Gasteiger partial charge in [0, 0.05) is 45.8 Å². The maximum Gasteiger partial charge on any atom is 0.225 e. The summed E-state index contributed by atoms with van der Waals surface area (Å²) in [5, 5.41) is 2.89. The molecule has 7 heteroatoms. The molecule has 0 radical (unpaired) electrons. The van der Waals surface area contributed by atoms with Crippen molar-refractivity contribution in [3.8, 4) is 0 Å². The second-order valence-corrected chi connectivity index (χ2v) is 6.02. The van der Waals surface area contributed by atoms with Gasteiger partial charge >= 0.3 is 0 Å². The highest BCUT2D eigenvalue weighted by Gasteiger charge is 2.31. The van der Waals surface area contributed by atoms with E-state index in [0.717, 1.165) is 37.7 Å². The Bertz CT molecular complexity index is 569. The molecule has 1 atom stereocenters. The van der Waals surface area contributed by atoms with Crippen molar-refractivity contribution >= 4 is 17.6 Å². The summed E-state index contributed by atoms with van der Waals surface area (Å²) < 4.78 is 5.33. The van der Waals surface area contributed by atoms with Crippen LogP contribution in [-0.4, -0.2) is 61.6 Å². The molecule has 7 nitrogen and oxygen atoms in total. The normalized spacial score (nSPS) is 21.6. The first-order valence-corrected chi connectivity index (χ1v) is 7.93. The van der Waals surface area contributed by atoms with Crippen LogP contribution >= 0.6 is 0 Å². The summed E-state index contributed by atoms with van der Waals surface area (Å²) in [5.74, 6) is 0.654. The Morgan fingerprint density at radius 1 is 1.39 bits per heavy atom. The zero-order chi connectivity index (χ0) is 16.2. The van der Waals surface area contributed by atoms with Crippen molar-refractivity contribution in [2.24, 2.45) is 5.92 Å². The van der Waals surface area contributed by atoms with Crippen molar-refractivity contribution in [3.05, 3.63) is 23.9 Å². The summed E-state index contributed by atoms with van der Waals surface area (Å²) in [5.41, 5.74) is 0.952. The van der Waals surface area contributed by atoms with Crippen molar-refractivity contribution in [2.45, 2.75) is 13.0 Å². The van der Waals surface area contributed by atoms with E-state index in [4.69, 9.17) is 4.74 Å². The molecule has 0 saturated carbocycles. The maximum absolute atomic E-state index is 12.1. The van der Waals surface area contributed by atoms with Gasteiger partial charge in [-0.2, -0.15) is 0 Å². The van der Waals surface area contributed by atoms with Crippen LogP contribution in [-0.2, 0) is 20.9 Å².